The van der Waals surface area contributed by atoms with Crippen molar-refractivity contribution in [2.75, 3.05) is 6.54 Å². The molecule has 2 N–H and O–H groups in total. The topological polar surface area (TPSA) is 88.0 Å². The molecule has 0 saturated carbocycles. The molecule has 1 heterocycles. The molecule has 0 fully saturated rings. The number of nitrogens with zero attached hydrogens (tertiary/aromatic N) is 1. The minimum atomic E-state index is -0.412. The zero-order chi connectivity index (χ0) is 21.0. The third-order valence-electron chi connectivity index (χ3n) is 5.20. The zero-order valence-corrected chi connectivity index (χ0v) is 17.1. The molecular weight excluding hydrogens is 366 g/mol. The molecule has 0 aliphatic rings. The number of benzene rings is 2. The van der Waals surface area contributed by atoms with Crippen molar-refractivity contribution in [2.24, 2.45) is 5.92 Å². The maximum absolute atomic E-state index is 12.7. The molecule has 0 spiro atoms. The lowest BCUT2D eigenvalue weighted by Crippen LogP contribution is -2.28. The Kier molecular flexibility index (Phi) is 6.32. The summed E-state index contributed by atoms with van der Waals surface area (Å²) in [6.07, 6.45) is 2.92. The highest BCUT2D eigenvalue weighted by molar-refractivity contribution is 5.88. The van der Waals surface area contributed by atoms with Crippen LogP contribution in [0.1, 0.15) is 49.8 Å². The van der Waals surface area contributed by atoms with Gasteiger partial charge in [0.05, 0.1) is 4.92 Å². The quantitative estimate of drug-likeness (QED) is 0.420. The fourth-order valence-electron chi connectivity index (χ4n) is 3.73. The maximum Gasteiger partial charge on any atom is 0.273 e. The number of nitro benzene ring substituents is 1. The van der Waals surface area contributed by atoms with E-state index in [9.17, 15) is 14.9 Å². The Morgan fingerprint density at radius 1 is 1.14 bits per heavy atom. The van der Waals surface area contributed by atoms with Crippen LogP contribution in [0.2, 0.25) is 0 Å². The second-order valence-corrected chi connectivity index (χ2v) is 7.71. The Bertz CT molecular complexity index is 1020. The van der Waals surface area contributed by atoms with Crippen molar-refractivity contribution in [2.45, 2.75) is 39.5 Å². The first-order valence-corrected chi connectivity index (χ1v) is 10.0. The second-order valence-electron chi connectivity index (χ2n) is 7.71. The van der Waals surface area contributed by atoms with E-state index in [1.54, 1.807) is 18.2 Å². The largest absolute Gasteiger partial charge is 0.361 e. The van der Waals surface area contributed by atoms with E-state index in [1.807, 2.05) is 32.2 Å². The summed E-state index contributed by atoms with van der Waals surface area (Å²) in [7, 11) is 0. The molecule has 29 heavy (non-hydrogen) atoms. The SMILES string of the molecule is CCc1cccc2c(C(CC(=O)NCC(C)C)c3ccccc3[N+](=O)[O-])c[nH]c12. The number of rotatable bonds is 8. The van der Waals surface area contributed by atoms with E-state index in [4.69, 9.17) is 0 Å². The van der Waals surface area contributed by atoms with Crippen molar-refractivity contribution in [3.8, 4) is 0 Å². The Morgan fingerprint density at radius 2 is 1.90 bits per heavy atom. The summed E-state index contributed by atoms with van der Waals surface area (Å²) >= 11 is 0. The van der Waals surface area contributed by atoms with Crippen LogP contribution < -0.4 is 5.32 Å². The summed E-state index contributed by atoms with van der Waals surface area (Å²) in [4.78, 5) is 27.3. The van der Waals surface area contributed by atoms with Gasteiger partial charge in [0.15, 0.2) is 0 Å². The van der Waals surface area contributed by atoms with Gasteiger partial charge in [0.1, 0.15) is 0 Å². The summed E-state index contributed by atoms with van der Waals surface area (Å²) in [6, 6.07) is 12.8. The lowest BCUT2D eigenvalue weighted by molar-refractivity contribution is -0.385. The van der Waals surface area contributed by atoms with E-state index in [0.717, 1.165) is 22.9 Å². The van der Waals surface area contributed by atoms with Crippen LogP contribution in [0.4, 0.5) is 5.69 Å². The van der Waals surface area contributed by atoms with E-state index < -0.39 is 5.92 Å². The number of hydrogen-bond acceptors (Lipinski definition) is 3. The van der Waals surface area contributed by atoms with E-state index >= 15 is 0 Å². The van der Waals surface area contributed by atoms with Crippen molar-refractivity contribution in [3.63, 3.8) is 0 Å². The van der Waals surface area contributed by atoms with Crippen LogP contribution in [-0.2, 0) is 11.2 Å². The monoisotopic (exact) mass is 393 g/mol. The number of hydrogen-bond donors (Lipinski definition) is 2. The summed E-state index contributed by atoms with van der Waals surface area (Å²) in [5.41, 5.74) is 3.70. The molecule has 0 aliphatic heterocycles. The molecule has 3 rings (SSSR count). The predicted octanol–water partition coefficient (Wildman–Crippen LogP) is 4.93. The van der Waals surface area contributed by atoms with Gasteiger partial charge < -0.3 is 10.3 Å². The predicted molar refractivity (Wildman–Crippen MR) is 115 cm³/mol. The number of carbonyl (C=O) groups excluding carboxylic acids is 1. The average Bonchev–Trinajstić information content (AvgIpc) is 3.14. The lowest BCUT2D eigenvalue weighted by atomic mass is 9.86. The minimum absolute atomic E-state index is 0.0372. The second kappa shape index (κ2) is 8.90. The Hall–Kier alpha value is -3.15. The number of fused-ring (bicyclic) bond motifs is 1. The van der Waals surface area contributed by atoms with E-state index in [2.05, 4.69) is 23.3 Å². The number of nitro groups is 1. The molecule has 0 bridgehead atoms. The smallest absolute Gasteiger partial charge is 0.273 e. The number of carbonyl (C=O) groups is 1. The molecule has 3 aromatic rings. The van der Waals surface area contributed by atoms with E-state index in [1.165, 1.54) is 11.6 Å². The van der Waals surface area contributed by atoms with Gasteiger partial charge in [0.25, 0.3) is 5.69 Å². The number of aromatic amines is 1. The van der Waals surface area contributed by atoms with Gasteiger partial charge in [-0.2, -0.15) is 0 Å². The molecule has 152 valence electrons. The molecule has 2 aromatic carbocycles. The molecule has 6 heteroatoms. The van der Waals surface area contributed by atoms with Crippen molar-refractivity contribution in [3.05, 3.63) is 75.5 Å². The fourth-order valence-corrected chi connectivity index (χ4v) is 3.73. The third-order valence-corrected chi connectivity index (χ3v) is 5.20. The first kappa shape index (κ1) is 20.6. The highest BCUT2D eigenvalue weighted by Crippen LogP contribution is 2.38. The van der Waals surface area contributed by atoms with Crippen molar-refractivity contribution in [1.82, 2.24) is 10.3 Å². The van der Waals surface area contributed by atoms with Gasteiger partial charge in [-0.05, 0) is 23.5 Å². The highest BCUT2D eigenvalue weighted by Gasteiger charge is 2.27. The molecule has 0 aliphatic carbocycles. The van der Waals surface area contributed by atoms with E-state index in [0.29, 0.717) is 18.0 Å². The van der Waals surface area contributed by atoms with Crippen LogP contribution in [0.25, 0.3) is 10.9 Å². The number of aryl methyl sites for hydroxylation is 1. The Labute approximate surface area is 170 Å². The standard InChI is InChI=1S/C23H27N3O3/c1-4-16-8-7-10-18-20(14-25-23(16)18)19(12-22(27)24-13-15(2)3)17-9-5-6-11-21(17)26(28)29/h5-11,14-15,19,25H,4,12-13H2,1-3H3,(H,24,27). The molecule has 1 unspecified atom stereocenters. The number of para-hydroxylation sites is 2. The van der Waals surface area contributed by atoms with Crippen molar-refractivity contribution < 1.29 is 9.72 Å². The Morgan fingerprint density at radius 3 is 2.59 bits per heavy atom. The lowest BCUT2D eigenvalue weighted by Gasteiger charge is -2.18. The molecule has 6 nitrogen and oxygen atoms in total. The molecule has 1 amide bonds. The van der Waals surface area contributed by atoms with E-state index in [-0.39, 0.29) is 22.9 Å². The molecule has 1 atom stereocenters. The number of nitrogens with one attached hydrogen (secondary N) is 2. The van der Waals surface area contributed by atoms with Crippen LogP contribution in [0, 0.1) is 16.0 Å². The highest BCUT2D eigenvalue weighted by atomic mass is 16.6. The fraction of sp³-hybridized carbons (Fsp3) is 0.348. The summed E-state index contributed by atoms with van der Waals surface area (Å²) < 4.78 is 0. The molecule has 0 radical (unpaired) electrons. The third kappa shape index (κ3) is 4.47. The summed E-state index contributed by atoms with van der Waals surface area (Å²) in [5.74, 6) is -0.184. The van der Waals surface area contributed by atoms with Gasteiger partial charge in [-0.3, -0.25) is 14.9 Å². The van der Waals surface area contributed by atoms with Crippen LogP contribution in [0.15, 0.2) is 48.7 Å². The van der Waals surface area contributed by atoms with Crippen LogP contribution >= 0.6 is 0 Å². The van der Waals surface area contributed by atoms with Crippen LogP contribution in [-0.4, -0.2) is 22.4 Å². The van der Waals surface area contributed by atoms with Crippen molar-refractivity contribution in [1.29, 1.82) is 0 Å². The zero-order valence-electron chi connectivity index (χ0n) is 17.1. The van der Waals surface area contributed by atoms with Gasteiger partial charge in [0.2, 0.25) is 5.91 Å². The van der Waals surface area contributed by atoms with Gasteiger partial charge in [-0.15, -0.1) is 0 Å². The number of H-pyrrole nitrogens is 1. The summed E-state index contributed by atoms with van der Waals surface area (Å²) in [5, 5.41) is 15.6. The molecular formula is C23H27N3O3. The first-order chi connectivity index (χ1) is 13.9. The first-order valence-electron chi connectivity index (χ1n) is 10.0. The average molecular weight is 393 g/mol. The molecule has 1 aromatic heterocycles. The summed E-state index contributed by atoms with van der Waals surface area (Å²) in [6.45, 7) is 6.74. The van der Waals surface area contributed by atoms with Crippen LogP contribution in [0.5, 0.6) is 0 Å². The van der Waals surface area contributed by atoms with Crippen molar-refractivity contribution >= 4 is 22.5 Å². The minimum Gasteiger partial charge on any atom is -0.361 e. The normalized spacial score (nSPS) is 12.3. The van der Waals surface area contributed by atoms with Crippen LogP contribution in [0.3, 0.4) is 0 Å². The van der Waals surface area contributed by atoms with Gasteiger partial charge in [-0.25, -0.2) is 0 Å². The maximum atomic E-state index is 12.7. The number of amides is 1. The van der Waals surface area contributed by atoms with Gasteiger partial charge in [0, 0.05) is 47.6 Å². The molecule has 0 saturated heterocycles. The Balaban J connectivity index is 2.09. The van der Waals surface area contributed by atoms with Gasteiger partial charge in [-0.1, -0.05) is 57.2 Å². The van der Waals surface area contributed by atoms with Gasteiger partial charge >= 0.3 is 0 Å². The number of aromatic nitrogens is 1.